The second kappa shape index (κ2) is 7.75. The highest BCUT2D eigenvalue weighted by Crippen LogP contribution is 2.15. The standard InChI is InChI=1S/C14H22FNO2/c1-6-8-9-12(11-15)16(10-7-2)13(17)18-14(3,4)5/h1,7,12H,2,8-11H2,3-5H3. The topological polar surface area (TPSA) is 29.5 Å². The molecule has 102 valence electrons. The first-order valence-electron chi connectivity index (χ1n) is 5.95. The molecule has 0 aromatic carbocycles. The van der Waals surface area contributed by atoms with Gasteiger partial charge in [-0.3, -0.25) is 4.90 Å². The van der Waals surface area contributed by atoms with Crippen molar-refractivity contribution in [2.75, 3.05) is 13.2 Å². The number of nitrogens with zero attached hydrogens (tertiary/aromatic N) is 1. The number of carbonyl (C=O) groups excluding carboxylic acids is 1. The second-order valence-corrected chi connectivity index (χ2v) is 4.97. The average molecular weight is 255 g/mol. The molecule has 0 bridgehead atoms. The number of hydrogen-bond donors (Lipinski definition) is 0. The zero-order valence-corrected chi connectivity index (χ0v) is 11.4. The third-order valence-corrected chi connectivity index (χ3v) is 2.19. The molecule has 0 spiro atoms. The molecule has 0 aromatic heterocycles. The minimum Gasteiger partial charge on any atom is -0.444 e. The predicted octanol–water partition coefficient (Wildman–Crippen LogP) is 3.16. The summed E-state index contributed by atoms with van der Waals surface area (Å²) < 4.78 is 18.2. The van der Waals surface area contributed by atoms with Crippen molar-refractivity contribution < 1.29 is 13.9 Å². The minimum atomic E-state index is -0.644. The molecule has 4 heteroatoms. The zero-order valence-electron chi connectivity index (χ0n) is 11.4. The molecule has 18 heavy (non-hydrogen) atoms. The SMILES string of the molecule is C#CCCC(CF)N(CC=C)C(=O)OC(C)(C)C. The Bertz CT molecular complexity index is 315. The minimum absolute atomic E-state index is 0.244. The fourth-order valence-electron chi connectivity index (χ4n) is 1.40. The maximum atomic E-state index is 13.0. The van der Waals surface area contributed by atoms with E-state index in [1.54, 1.807) is 26.8 Å². The molecule has 0 aliphatic rings. The monoisotopic (exact) mass is 255 g/mol. The first-order chi connectivity index (χ1) is 8.35. The third-order valence-electron chi connectivity index (χ3n) is 2.19. The average Bonchev–Trinajstić information content (AvgIpc) is 2.26. The lowest BCUT2D eigenvalue weighted by molar-refractivity contribution is 0.0156. The first kappa shape index (κ1) is 16.5. The Morgan fingerprint density at radius 2 is 2.22 bits per heavy atom. The number of terminal acetylenes is 1. The Morgan fingerprint density at radius 1 is 1.61 bits per heavy atom. The second-order valence-electron chi connectivity index (χ2n) is 4.97. The van der Waals surface area contributed by atoms with Crippen LogP contribution in [0.3, 0.4) is 0 Å². The van der Waals surface area contributed by atoms with E-state index in [0.29, 0.717) is 12.8 Å². The van der Waals surface area contributed by atoms with Crippen LogP contribution in [0.2, 0.25) is 0 Å². The van der Waals surface area contributed by atoms with Crippen molar-refractivity contribution in [2.45, 2.75) is 45.3 Å². The van der Waals surface area contributed by atoms with Crippen LogP contribution in [0.5, 0.6) is 0 Å². The number of alkyl halides is 1. The quantitative estimate of drug-likeness (QED) is 0.539. The lowest BCUT2D eigenvalue weighted by atomic mass is 10.1. The summed E-state index contributed by atoms with van der Waals surface area (Å²) in [7, 11) is 0. The van der Waals surface area contributed by atoms with Crippen LogP contribution in [0.25, 0.3) is 0 Å². The summed E-state index contributed by atoms with van der Waals surface area (Å²) >= 11 is 0. The summed E-state index contributed by atoms with van der Waals surface area (Å²) in [4.78, 5) is 13.3. The van der Waals surface area contributed by atoms with Gasteiger partial charge in [-0.1, -0.05) is 6.08 Å². The fraction of sp³-hybridized carbons (Fsp3) is 0.643. The molecule has 3 nitrogen and oxygen atoms in total. The fourth-order valence-corrected chi connectivity index (χ4v) is 1.40. The number of ether oxygens (including phenoxy) is 1. The molecule has 0 rings (SSSR count). The summed E-state index contributed by atoms with van der Waals surface area (Å²) in [6, 6.07) is -0.561. The number of carbonyl (C=O) groups is 1. The lowest BCUT2D eigenvalue weighted by Crippen LogP contribution is -2.44. The van der Waals surface area contributed by atoms with Gasteiger partial charge in [0.1, 0.15) is 12.3 Å². The van der Waals surface area contributed by atoms with E-state index in [-0.39, 0.29) is 6.54 Å². The van der Waals surface area contributed by atoms with Gasteiger partial charge >= 0.3 is 6.09 Å². The van der Waals surface area contributed by atoms with Gasteiger partial charge in [-0.2, -0.15) is 0 Å². The molecule has 0 fully saturated rings. The van der Waals surface area contributed by atoms with E-state index in [4.69, 9.17) is 11.2 Å². The molecule has 0 N–H and O–H groups in total. The molecule has 1 unspecified atom stereocenters. The summed E-state index contributed by atoms with van der Waals surface area (Å²) in [6.07, 6.45) is 7.00. The first-order valence-corrected chi connectivity index (χ1v) is 5.95. The summed E-state index contributed by atoms with van der Waals surface area (Å²) in [5.74, 6) is 2.45. The molecule has 0 saturated heterocycles. The van der Waals surface area contributed by atoms with Gasteiger partial charge in [-0.25, -0.2) is 9.18 Å². The smallest absolute Gasteiger partial charge is 0.410 e. The van der Waals surface area contributed by atoms with Crippen LogP contribution in [0.15, 0.2) is 12.7 Å². The third kappa shape index (κ3) is 6.29. The molecule has 0 saturated carbocycles. The Balaban J connectivity index is 4.75. The molecule has 0 aliphatic carbocycles. The van der Waals surface area contributed by atoms with Gasteiger partial charge < -0.3 is 4.74 Å². The van der Waals surface area contributed by atoms with Crippen molar-refractivity contribution in [3.63, 3.8) is 0 Å². The van der Waals surface area contributed by atoms with Crippen LogP contribution in [0.4, 0.5) is 9.18 Å². The highest BCUT2D eigenvalue weighted by molar-refractivity contribution is 5.68. The highest BCUT2D eigenvalue weighted by atomic mass is 19.1. The Morgan fingerprint density at radius 3 is 2.61 bits per heavy atom. The van der Waals surface area contributed by atoms with E-state index in [0.717, 1.165) is 0 Å². The van der Waals surface area contributed by atoms with Crippen molar-refractivity contribution >= 4 is 6.09 Å². The zero-order chi connectivity index (χ0) is 14.2. The van der Waals surface area contributed by atoms with E-state index in [1.807, 2.05) is 0 Å². The Kier molecular flexibility index (Phi) is 7.11. The molecular weight excluding hydrogens is 233 g/mol. The largest absolute Gasteiger partial charge is 0.444 e. The molecule has 0 radical (unpaired) electrons. The van der Waals surface area contributed by atoms with Gasteiger partial charge in [0.05, 0.1) is 6.04 Å². The maximum Gasteiger partial charge on any atom is 0.410 e. The molecule has 0 aromatic rings. The molecule has 0 heterocycles. The lowest BCUT2D eigenvalue weighted by Gasteiger charge is -2.31. The number of rotatable bonds is 6. The maximum absolute atomic E-state index is 13.0. The van der Waals surface area contributed by atoms with Gasteiger partial charge in [0.25, 0.3) is 0 Å². The van der Waals surface area contributed by atoms with Crippen molar-refractivity contribution in [1.82, 2.24) is 4.90 Å². The Labute approximate surface area is 109 Å². The van der Waals surface area contributed by atoms with Crippen molar-refractivity contribution in [1.29, 1.82) is 0 Å². The molecule has 1 atom stereocenters. The Hall–Kier alpha value is -1.50. The van der Waals surface area contributed by atoms with Crippen molar-refractivity contribution in [3.05, 3.63) is 12.7 Å². The molecule has 0 aliphatic heterocycles. The molecule has 1 amide bonds. The van der Waals surface area contributed by atoms with Crippen LogP contribution < -0.4 is 0 Å². The predicted molar refractivity (Wildman–Crippen MR) is 71.0 cm³/mol. The van der Waals surface area contributed by atoms with E-state index in [2.05, 4.69) is 12.5 Å². The van der Waals surface area contributed by atoms with Gasteiger partial charge in [-0.15, -0.1) is 18.9 Å². The van der Waals surface area contributed by atoms with E-state index in [9.17, 15) is 9.18 Å². The van der Waals surface area contributed by atoms with E-state index in [1.165, 1.54) is 4.90 Å². The van der Waals surface area contributed by atoms with Crippen LogP contribution in [0, 0.1) is 12.3 Å². The summed E-state index contributed by atoms with van der Waals surface area (Å²) in [6.45, 7) is 8.46. The van der Waals surface area contributed by atoms with E-state index >= 15 is 0 Å². The van der Waals surface area contributed by atoms with E-state index < -0.39 is 24.4 Å². The van der Waals surface area contributed by atoms with Gasteiger partial charge in [-0.05, 0) is 27.2 Å². The van der Waals surface area contributed by atoms with Crippen molar-refractivity contribution in [2.24, 2.45) is 0 Å². The van der Waals surface area contributed by atoms with Gasteiger partial charge in [0, 0.05) is 13.0 Å². The number of hydrogen-bond acceptors (Lipinski definition) is 2. The van der Waals surface area contributed by atoms with Crippen LogP contribution in [0.1, 0.15) is 33.6 Å². The highest BCUT2D eigenvalue weighted by Gasteiger charge is 2.27. The van der Waals surface area contributed by atoms with Crippen LogP contribution in [-0.4, -0.2) is 35.9 Å². The summed E-state index contributed by atoms with van der Waals surface area (Å²) in [5, 5.41) is 0. The summed E-state index contributed by atoms with van der Waals surface area (Å²) in [5.41, 5.74) is -0.608. The van der Waals surface area contributed by atoms with Crippen molar-refractivity contribution in [3.8, 4) is 12.3 Å². The number of amides is 1. The van der Waals surface area contributed by atoms with Crippen LogP contribution in [-0.2, 0) is 4.74 Å². The number of halogens is 1. The van der Waals surface area contributed by atoms with Crippen LogP contribution >= 0.6 is 0 Å². The van der Waals surface area contributed by atoms with Gasteiger partial charge in [0.2, 0.25) is 0 Å². The van der Waals surface area contributed by atoms with Gasteiger partial charge in [0.15, 0.2) is 0 Å². The molecular formula is C14H22FNO2. The normalized spacial score (nSPS) is 12.4.